The number of rotatable bonds is 7. The van der Waals surface area contributed by atoms with Crippen LogP contribution in [0.25, 0.3) is 0 Å². The number of carboxylic acid groups (broad SMARTS) is 1. The highest BCUT2D eigenvalue weighted by Crippen LogP contribution is 2.34. The summed E-state index contributed by atoms with van der Waals surface area (Å²) in [5.41, 5.74) is 0.700. The number of amides is 1. The normalized spacial score (nSPS) is 20.7. The van der Waals surface area contributed by atoms with Crippen LogP contribution in [0.1, 0.15) is 35.2 Å². The fourth-order valence-corrected chi connectivity index (χ4v) is 3.47. The third-order valence-electron chi connectivity index (χ3n) is 4.84. The molecule has 138 valence electrons. The molecule has 1 unspecified atom stereocenters. The number of ether oxygens (including phenoxy) is 1. The fraction of sp³-hybridized carbons (Fsp3) is 0.579. The summed E-state index contributed by atoms with van der Waals surface area (Å²) in [7, 11) is 5.49. The molecule has 1 aromatic carbocycles. The first-order valence-electron chi connectivity index (χ1n) is 8.64. The average Bonchev–Trinajstić information content (AvgIpc) is 2.59. The van der Waals surface area contributed by atoms with E-state index in [0.29, 0.717) is 44.5 Å². The second kappa shape index (κ2) is 8.45. The maximum absolute atomic E-state index is 13.1. The Kier molecular flexibility index (Phi) is 6.56. The molecule has 6 heteroatoms. The van der Waals surface area contributed by atoms with Gasteiger partial charge in [-0.2, -0.15) is 0 Å². The number of hydrogen-bond donors (Lipinski definition) is 1. The first-order chi connectivity index (χ1) is 11.9. The zero-order chi connectivity index (χ0) is 18.4. The molecule has 0 saturated carbocycles. The number of methoxy groups -OCH3 is 1. The lowest BCUT2D eigenvalue weighted by molar-refractivity contribution is -0.153. The largest absolute Gasteiger partial charge is 0.481 e. The summed E-state index contributed by atoms with van der Waals surface area (Å²) >= 11 is 0. The van der Waals surface area contributed by atoms with Crippen LogP contribution in [0.2, 0.25) is 0 Å². The SMILES string of the molecule is COCCC1(C(=O)O)CCCN(C(=O)c2ccccc2CN(C)C)C1. The molecule has 0 spiro atoms. The van der Waals surface area contributed by atoms with Gasteiger partial charge in [-0.05, 0) is 45.0 Å². The number of benzene rings is 1. The van der Waals surface area contributed by atoms with E-state index < -0.39 is 11.4 Å². The van der Waals surface area contributed by atoms with Gasteiger partial charge in [0.1, 0.15) is 0 Å². The van der Waals surface area contributed by atoms with Gasteiger partial charge in [-0.3, -0.25) is 9.59 Å². The summed E-state index contributed by atoms with van der Waals surface area (Å²) in [6.07, 6.45) is 1.69. The second-order valence-electron chi connectivity index (χ2n) is 7.05. The van der Waals surface area contributed by atoms with Crippen LogP contribution in [-0.4, -0.2) is 67.7 Å². The molecule has 1 amide bonds. The van der Waals surface area contributed by atoms with Gasteiger partial charge in [0.2, 0.25) is 0 Å². The van der Waals surface area contributed by atoms with Gasteiger partial charge < -0.3 is 19.6 Å². The summed E-state index contributed by atoms with van der Waals surface area (Å²) in [4.78, 5) is 28.7. The first kappa shape index (κ1) is 19.4. The van der Waals surface area contributed by atoms with E-state index in [-0.39, 0.29) is 12.5 Å². The van der Waals surface area contributed by atoms with Gasteiger partial charge in [-0.1, -0.05) is 18.2 Å². The summed E-state index contributed by atoms with van der Waals surface area (Å²) in [5.74, 6) is -0.927. The van der Waals surface area contributed by atoms with E-state index in [1.807, 2.05) is 43.3 Å². The number of likely N-dealkylation sites (tertiary alicyclic amines) is 1. The molecule has 1 N–H and O–H groups in total. The van der Waals surface area contributed by atoms with Crippen molar-refractivity contribution in [3.05, 3.63) is 35.4 Å². The lowest BCUT2D eigenvalue weighted by Gasteiger charge is -2.40. The van der Waals surface area contributed by atoms with Crippen molar-refractivity contribution < 1.29 is 19.4 Å². The van der Waals surface area contributed by atoms with Gasteiger partial charge in [-0.15, -0.1) is 0 Å². The Labute approximate surface area is 149 Å². The van der Waals surface area contributed by atoms with Crippen molar-refractivity contribution in [2.24, 2.45) is 5.41 Å². The summed E-state index contributed by atoms with van der Waals surface area (Å²) in [6.45, 7) is 1.88. The molecule has 2 rings (SSSR count). The van der Waals surface area contributed by atoms with Gasteiger partial charge in [0.15, 0.2) is 0 Å². The Hall–Kier alpha value is -1.92. The molecule has 0 aliphatic carbocycles. The van der Waals surface area contributed by atoms with Crippen LogP contribution in [0.4, 0.5) is 0 Å². The molecule has 0 aromatic heterocycles. The van der Waals surface area contributed by atoms with Crippen molar-refractivity contribution >= 4 is 11.9 Å². The van der Waals surface area contributed by atoms with Gasteiger partial charge in [0.25, 0.3) is 5.91 Å². The van der Waals surface area contributed by atoms with Crippen LogP contribution < -0.4 is 0 Å². The lowest BCUT2D eigenvalue weighted by atomic mass is 9.77. The van der Waals surface area contributed by atoms with Crippen molar-refractivity contribution in [3.8, 4) is 0 Å². The van der Waals surface area contributed by atoms with Gasteiger partial charge >= 0.3 is 5.97 Å². The molecule has 1 aliphatic rings. The molecular formula is C19H28N2O4. The number of nitrogens with zero attached hydrogens (tertiary/aromatic N) is 2. The number of carbonyl (C=O) groups excluding carboxylic acids is 1. The van der Waals surface area contributed by atoms with Crippen molar-refractivity contribution in [2.45, 2.75) is 25.8 Å². The van der Waals surface area contributed by atoms with E-state index in [1.165, 1.54) is 0 Å². The van der Waals surface area contributed by atoms with E-state index in [9.17, 15) is 14.7 Å². The summed E-state index contributed by atoms with van der Waals surface area (Å²) in [5, 5.41) is 9.76. The third-order valence-corrected chi connectivity index (χ3v) is 4.84. The van der Waals surface area contributed by atoms with Crippen molar-refractivity contribution in [3.63, 3.8) is 0 Å². The van der Waals surface area contributed by atoms with Crippen molar-refractivity contribution in [1.82, 2.24) is 9.80 Å². The minimum absolute atomic E-state index is 0.0832. The zero-order valence-electron chi connectivity index (χ0n) is 15.3. The van der Waals surface area contributed by atoms with E-state index in [2.05, 4.69) is 0 Å². The molecule has 1 fully saturated rings. The van der Waals surface area contributed by atoms with E-state index in [1.54, 1.807) is 12.0 Å². The maximum atomic E-state index is 13.1. The number of piperidine rings is 1. The molecule has 1 saturated heterocycles. The Morgan fingerprint density at radius 2 is 2.04 bits per heavy atom. The van der Waals surface area contributed by atoms with Crippen LogP contribution in [0.5, 0.6) is 0 Å². The number of aliphatic carboxylic acids is 1. The zero-order valence-corrected chi connectivity index (χ0v) is 15.3. The highest BCUT2D eigenvalue weighted by Gasteiger charge is 2.43. The highest BCUT2D eigenvalue weighted by molar-refractivity contribution is 5.96. The van der Waals surface area contributed by atoms with E-state index in [4.69, 9.17) is 4.74 Å². The molecule has 1 heterocycles. The predicted molar refractivity (Wildman–Crippen MR) is 95.5 cm³/mol. The van der Waals surface area contributed by atoms with Crippen LogP contribution in [0.3, 0.4) is 0 Å². The number of carboxylic acids is 1. The Bertz CT molecular complexity index is 617. The Balaban J connectivity index is 2.23. The van der Waals surface area contributed by atoms with Crippen molar-refractivity contribution in [2.75, 3.05) is 40.9 Å². The number of hydrogen-bond acceptors (Lipinski definition) is 4. The van der Waals surface area contributed by atoms with Crippen LogP contribution >= 0.6 is 0 Å². The van der Waals surface area contributed by atoms with Crippen molar-refractivity contribution in [1.29, 1.82) is 0 Å². The molecule has 0 bridgehead atoms. The topological polar surface area (TPSA) is 70.1 Å². The van der Waals surface area contributed by atoms with Crippen LogP contribution in [0.15, 0.2) is 24.3 Å². The first-order valence-corrected chi connectivity index (χ1v) is 8.64. The van der Waals surface area contributed by atoms with E-state index in [0.717, 1.165) is 5.56 Å². The summed E-state index contributed by atoms with van der Waals surface area (Å²) in [6, 6.07) is 7.55. The fourth-order valence-electron chi connectivity index (χ4n) is 3.47. The van der Waals surface area contributed by atoms with Gasteiger partial charge in [-0.25, -0.2) is 0 Å². The van der Waals surface area contributed by atoms with E-state index >= 15 is 0 Å². The monoisotopic (exact) mass is 348 g/mol. The Morgan fingerprint density at radius 1 is 1.32 bits per heavy atom. The number of carbonyl (C=O) groups is 2. The third kappa shape index (κ3) is 4.58. The molecule has 0 radical (unpaired) electrons. The molecule has 1 atom stereocenters. The molecule has 1 aromatic rings. The van der Waals surface area contributed by atoms with Gasteiger partial charge in [0.05, 0.1) is 5.41 Å². The van der Waals surface area contributed by atoms with Gasteiger partial charge in [0, 0.05) is 38.9 Å². The molecular weight excluding hydrogens is 320 g/mol. The summed E-state index contributed by atoms with van der Waals surface area (Å²) < 4.78 is 5.09. The highest BCUT2D eigenvalue weighted by atomic mass is 16.5. The quantitative estimate of drug-likeness (QED) is 0.817. The second-order valence-corrected chi connectivity index (χ2v) is 7.05. The van der Waals surface area contributed by atoms with Crippen LogP contribution in [0, 0.1) is 5.41 Å². The molecule has 1 aliphatic heterocycles. The average molecular weight is 348 g/mol. The molecule has 25 heavy (non-hydrogen) atoms. The Morgan fingerprint density at radius 3 is 2.68 bits per heavy atom. The van der Waals surface area contributed by atoms with Crippen LogP contribution in [-0.2, 0) is 16.1 Å². The maximum Gasteiger partial charge on any atom is 0.311 e. The smallest absolute Gasteiger partial charge is 0.311 e. The minimum Gasteiger partial charge on any atom is -0.481 e. The lowest BCUT2D eigenvalue weighted by Crippen LogP contribution is -2.50. The molecule has 6 nitrogen and oxygen atoms in total. The minimum atomic E-state index is -0.916. The predicted octanol–water partition coefficient (Wildman–Crippen LogP) is 2.09. The standard InChI is InChI=1S/C19H28N2O4/c1-20(2)13-15-7-4-5-8-16(15)17(22)21-11-6-9-19(14-21,18(23)24)10-12-25-3/h4-5,7-8H,6,9-14H2,1-3H3,(H,23,24).